The van der Waals surface area contributed by atoms with Crippen molar-refractivity contribution in [1.29, 1.82) is 0 Å². The maximum atomic E-state index is 5.24. The van der Waals surface area contributed by atoms with Gasteiger partial charge >= 0.3 is 0 Å². The van der Waals surface area contributed by atoms with E-state index in [0.29, 0.717) is 0 Å². The van der Waals surface area contributed by atoms with Crippen molar-refractivity contribution in [3.8, 4) is 0 Å². The summed E-state index contributed by atoms with van der Waals surface area (Å²) >= 11 is 0. The van der Waals surface area contributed by atoms with Crippen LogP contribution in [0.15, 0.2) is 22.9 Å². The second-order valence-electron chi connectivity index (χ2n) is 4.25. The molecule has 3 heterocycles. The molecular weight excluding hydrogens is 202 g/mol. The lowest BCUT2D eigenvalue weighted by atomic mass is 10.0. The molecule has 0 spiro atoms. The van der Waals surface area contributed by atoms with E-state index in [1.54, 1.807) is 0 Å². The van der Waals surface area contributed by atoms with E-state index in [1.165, 1.54) is 11.3 Å². The summed E-state index contributed by atoms with van der Waals surface area (Å²) in [6.45, 7) is 5.98. The van der Waals surface area contributed by atoms with Gasteiger partial charge in [-0.2, -0.15) is 0 Å². The summed E-state index contributed by atoms with van der Waals surface area (Å²) in [4.78, 5) is 0. The van der Waals surface area contributed by atoms with Crippen LogP contribution in [0.2, 0.25) is 0 Å². The Labute approximate surface area is 94.2 Å². The maximum absolute atomic E-state index is 5.24. The maximum Gasteiger partial charge on any atom is 0.139 e. The molecule has 0 fully saturated rings. The van der Waals surface area contributed by atoms with Crippen molar-refractivity contribution in [2.45, 2.75) is 26.4 Å². The van der Waals surface area contributed by atoms with Gasteiger partial charge in [0.25, 0.3) is 0 Å². The van der Waals surface area contributed by atoms with Crippen LogP contribution >= 0.6 is 0 Å². The van der Waals surface area contributed by atoms with Crippen molar-refractivity contribution in [2.24, 2.45) is 0 Å². The van der Waals surface area contributed by atoms with Crippen LogP contribution in [0.4, 0.5) is 0 Å². The highest BCUT2D eigenvalue weighted by atomic mass is 16.5. The Kier molecular flexibility index (Phi) is 2.11. The van der Waals surface area contributed by atoms with Gasteiger partial charge in [-0.1, -0.05) is 5.16 Å². The van der Waals surface area contributed by atoms with E-state index in [4.69, 9.17) is 4.52 Å². The molecule has 0 bridgehead atoms. The number of aromatic nitrogens is 2. The lowest BCUT2D eigenvalue weighted by molar-refractivity contribution is 0.389. The zero-order valence-corrected chi connectivity index (χ0v) is 9.53. The number of nitrogens with zero attached hydrogens (tertiary/aromatic N) is 2. The molecule has 1 unspecified atom stereocenters. The average molecular weight is 217 g/mol. The summed E-state index contributed by atoms with van der Waals surface area (Å²) in [6.07, 6.45) is 2.13. The van der Waals surface area contributed by atoms with Crippen molar-refractivity contribution in [1.82, 2.24) is 15.0 Å². The minimum Gasteiger partial charge on any atom is -0.361 e. The molecule has 3 rings (SSSR count). The number of nitrogens with one attached hydrogen (secondary N) is 1. The summed E-state index contributed by atoms with van der Waals surface area (Å²) in [5.74, 6) is 0.907. The predicted octanol–water partition coefficient (Wildman–Crippen LogP) is 1.79. The molecule has 4 nitrogen and oxygen atoms in total. The van der Waals surface area contributed by atoms with Crippen molar-refractivity contribution >= 4 is 0 Å². The average Bonchev–Trinajstić information content (AvgIpc) is 2.86. The highest BCUT2D eigenvalue weighted by molar-refractivity contribution is 5.34. The fourth-order valence-electron chi connectivity index (χ4n) is 2.48. The number of hydrogen-bond donors (Lipinski definition) is 1. The van der Waals surface area contributed by atoms with Crippen LogP contribution in [0.3, 0.4) is 0 Å². The first-order valence-electron chi connectivity index (χ1n) is 5.58. The van der Waals surface area contributed by atoms with E-state index in [-0.39, 0.29) is 6.04 Å². The first-order valence-corrected chi connectivity index (χ1v) is 5.58. The molecule has 0 amide bonds. The highest BCUT2D eigenvalue weighted by Gasteiger charge is 2.26. The molecule has 0 saturated heterocycles. The fourth-order valence-corrected chi connectivity index (χ4v) is 2.48. The topological polar surface area (TPSA) is 43.0 Å². The molecule has 84 valence electrons. The summed E-state index contributed by atoms with van der Waals surface area (Å²) in [5, 5.41) is 7.55. The molecule has 1 N–H and O–H groups in total. The Morgan fingerprint density at radius 3 is 3.12 bits per heavy atom. The molecule has 1 aliphatic heterocycles. The molecule has 1 atom stereocenters. The summed E-state index contributed by atoms with van der Waals surface area (Å²) in [7, 11) is 0. The second kappa shape index (κ2) is 3.49. The number of fused-ring (bicyclic) bond motifs is 1. The van der Waals surface area contributed by atoms with E-state index < -0.39 is 0 Å². The molecule has 0 saturated carbocycles. The molecule has 0 radical (unpaired) electrons. The van der Waals surface area contributed by atoms with Crippen LogP contribution in [0.25, 0.3) is 0 Å². The van der Waals surface area contributed by atoms with Gasteiger partial charge in [0.05, 0.1) is 11.7 Å². The SMILES string of the molecule is Cc1noc(C)c1C1NCCn2cccc21. The smallest absolute Gasteiger partial charge is 0.139 e. The third kappa shape index (κ3) is 1.30. The molecule has 4 heteroatoms. The minimum atomic E-state index is 0.218. The van der Waals surface area contributed by atoms with Gasteiger partial charge in [0.1, 0.15) is 5.76 Å². The van der Waals surface area contributed by atoms with Crippen molar-refractivity contribution < 1.29 is 4.52 Å². The van der Waals surface area contributed by atoms with Gasteiger partial charge in [0.15, 0.2) is 0 Å². The Bertz CT molecular complexity index is 493. The Balaban J connectivity index is 2.10. The van der Waals surface area contributed by atoms with Crippen molar-refractivity contribution in [2.75, 3.05) is 6.54 Å². The minimum absolute atomic E-state index is 0.218. The monoisotopic (exact) mass is 217 g/mol. The predicted molar refractivity (Wildman–Crippen MR) is 60.3 cm³/mol. The first-order chi connectivity index (χ1) is 7.77. The van der Waals surface area contributed by atoms with Gasteiger partial charge in [-0.05, 0) is 26.0 Å². The van der Waals surface area contributed by atoms with E-state index in [0.717, 1.165) is 24.5 Å². The summed E-state index contributed by atoms with van der Waals surface area (Å²) in [5.41, 5.74) is 3.45. The Morgan fingerprint density at radius 2 is 2.38 bits per heavy atom. The molecule has 0 aromatic carbocycles. The van der Waals surface area contributed by atoms with E-state index in [1.807, 2.05) is 13.8 Å². The highest BCUT2D eigenvalue weighted by Crippen LogP contribution is 2.29. The number of rotatable bonds is 1. The number of hydrogen-bond acceptors (Lipinski definition) is 3. The molecular formula is C12H15N3O. The van der Waals surface area contributed by atoms with Crippen LogP contribution in [0.1, 0.15) is 28.8 Å². The first kappa shape index (κ1) is 9.66. The molecule has 2 aromatic heterocycles. The van der Waals surface area contributed by atoms with Crippen LogP contribution in [0.5, 0.6) is 0 Å². The Hall–Kier alpha value is -1.55. The third-order valence-corrected chi connectivity index (χ3v) is 3.24. The lowest BCUT2D eigenvalue weighted by Crippen LogP contribution is -2.33. The van der Waals surface area contributed by atoms with Crippen LogP contribution in [0, 0.1) is 13.8 Å². The van der Waals surface area contributed by atoms with Gasteiger partial charge in [-0.25, -0.2) is 0 Å². The zero-order chi connectivity index (χ0) is 11.1. The zero-order valence-electron chi connectivity index (χ0n) is 9.53. The van der Waals surface area contributed by atoms with Crippen molar-refractivity contribution in [3.05, 3.63) is 41.0 Å². The molecule has 0 aliphatic carbocycles. The molecule has 16 heavy (non-hydrogen) atoms. The number of aryl methyl sites for hydroxylation is 2. The van der Waals surface area contributed by atoms with Gasteiger partial charge < -0.3 is 14.4 Å². The van der Waals surface area contributed by atoms with Crippen molar-refractivity contribution in [3.63, 3.8) is 0 Å². The standard InChI is InChI=1S/C12H15N3O/c1-8-11(9(2)16-14-8)12-10-4-3-6-15(10)7-5-13-12/h3-4,6,12-13H,5,7H2,1-2H3. The van der Waals surface area contributed by atoms with Crippen LogP contribution in [-0.2, 0) is 6.54 Å². The molecule has 2 aromatic rings. The van der Waals surface area contributed by atoms with Gasteiger partial charge in [0.2, 0.25) is 0 Å². The fraction of sp³-hybridized carbons (Fsp3) is 0.417. The van der Waals surface area contributed by atoms with Crippen LogP contribution < -0.4 is 5.32 Å². The molecule has 1 aliphatic rings. The largest absolute Gasteiger partial charge is 0.361 e. The quantitative estimate of drug-likeness (QED) is 0.791. The van der Waals surface area contributed by atoms with Gasteiger partial charge in [-0.3, -0.25) is 0 Å². The van der Waals surface area contributed by atoms with E-state index >= 15 is 0 Å². The lowest BCUT2D eigenvalue weighted by Gasteiger charge is -2.26. The second-order valence-corrected chi connectivity index (χ2v) is 4.25. The van der Waals surface area contributed by atoms with Crippen LogP contribution in [-0.4, -0.2) is 16.3 Å². The normalized spacial score (nSPS) is 19.8. The van der Waals surface area contributed by atoms with Gasteiger partial charge in [-0.15, -0.1) is 0 Å². The van der Waals surface area contributed by atoms with Gasteiger partial charge in [0, 0.05) is 30.5 Å². The van der Waals surface area contributed by atoms with E-state index in [2.05, 4.69) is 33.4 Å². The Morgan fingerprint density at radius 1 is 1.50 bits per heavy atom. The third-order valence-electron chi connectivity index (χ3n) is 3.24. The van der Waals surface area contributed by atoms with E-state index in [9.17, 15) is 0 Å². The summed E-state index contributed by atoms with van der Waals surface area (Å²) in [6, 6.07) is 4.46. The summed E-state index contributed by atoms with van der Waals surface area (Å²) < 4.78 is 7.53.